The highest BCUT2D eigenvalue weighted by Crippen LogP contribution is 2.23. The average Bonchev–Trinajstić information content (AvgIpc) is 2.41. The summed E-state index contributed by atoms with van der Waals surface area (Å²) >= 11 is 0. The summed E-state index contributed by atoms with van der Waals surface area (Å²) < 4.78 is 17.4. The van der Waals surface area contributed by atoms with E-state index in [0.717, 1.165) is 25.3 Å². The van der Waals surface area contributed by atoms with E-state index in [1.54, 1.807) is 0 Å². The molecule has 0 radical (unpaired) electrons. The molecule has 5 heteroatoms. The van der Waals surface area contributed by atoms with Gasteiger partial charge in [0.25, 0.3) is 0 Å². The molecule has 112 valence electrons. The van der Waals surface area contributed by atoms with Gasteiger partial charge in [-0.15, -0.1) is 0 Å². The molecule has 0 aromatic rings. The maximum absolute atomic E-state index is 11.4. The van der Waals surface area contributed by atoms with Crippen molar-refractivity contribution in [2.75, 3.05) is 13.2 Å². The van der Waals surface area contributed by atoms with Crippen molar-refractivity contribution in [2.45, 2.75) is 58.7 Å². The number of rotatable bonds is 11. The van der Waals surface area contributed by atoms with Gasteiger partial charge >= 0.3 is 14.5 Å². The molecule has 0 amide bonds. The molecule has 0 spiro atoms. The van der Waals surface area contributed by atoms with Crippen molar-refractivity contribution in [3.8, 4) is 0 Å². The third-order valence-corrected chi connectivity index (χ3v) is 6.72. The van der Waals surface area contributed by atoms with Gasteiger partial charge in [0.2, 0.25) is 0 Å². The minimum atomic E-state index is -2.51. The summed E-state index contributed by atoms with van der Waals surface area (Å²) in [5, 5.41) is 0. The van der Waals surface area contributed by atoms with Gasteiger partial charge in [0.15, 0.2) is 0 Å². The minimum Gasteiger partial charge on any atom is -0.458 e. The van der Waals surface area contributed by atoms with Crippen molar-refractivity contribution < 1.29 is 18.4 Å². The van der Waals surface area contributed by atoms with Crippen molar-refractivity contribution in [3.63, 3.8) is 0 Å². The summed E-state index contributed by atoms with van der Waals surface area (Å²) in [6.07, 6.45) is 3.99. The van der Waals surface area contributed by atoms with E-state index in [1.165, 1.54) is 6.08 Å². The zero-order valence-electron chi connectivity index (χ0n) is 12.7. The molecule has 4 nitrogen and oxygen atoms in total. The third-order valence-electron chi connectivity index (χ3n) is 2.78. The summed E-state index contributed by atoms with van der Waals surface area (Å²) in [6, 6.07) is 0.832. The van der Waals surface area contributed by atoms with E-state index in [0.29, 0.717) is 13.2 Å². The molecule has 0 aromatic carbocycles. The third kappa shape index (κ3) is 6.36. The van der Waals surface area contributed by atoms with Gasteiger partial charge in [-0.1, -0.05) is 33.8 Å². The van der Waals surface area contributed by atoms with Crippen LogP contribution in [0.2, 0.25) is 6.04 Å². The highest BCUT2D eigenvalue weighted by atomic mass is 28.4. The van der Waals surface area contributed by atoms with Crippen LogP contribution in [0.25, 0.3) is 0 Å². The minimum absolute atomic E-state index is 0.323. The first-order valence-corrected chi connectivity index (χ1v) is 9.27. The van der Waals surface area contributed by atoms with Gasteiger partial charge in [-0.3, -0.25) is 0 Å². The molecule has 0 aliphatic heterocycles. The Bertz CT molecular complexity index is 260. The monoisotopic (exact) mass is 288 g/mol. The predicted molar refractivity (Wildman–Crippen MR) is 79.1 cm³/mol. The average molecular weight is 288 g/mol. The second kappa shape index (κ2) is 10.2. The van der Waals surface area contributed by atoms with E-state index in [2.05, 4.69) is 27.4 Å². The molecular formula is C14H28O4Si. The lowest BCUT2D eigenvalue weighted by Crippen LogP contribution is -2.54. The molecule has 0 saturated carbocycles. The Morgan fingerprint density at radius 1 is 1.16 bits per heavy atom. The van der Waals surface area contributed by atoms with Gasteiger partial charge in [0.1, 0.15) is 5.73 Å². The number of carbonyl (C=O) groups is 1. The molecule has 1 atom stereocenters. The molecule has 0 saturated heterocycles. The lowest BCUT2D eigenvalue weighted by atomic mass is 10.5. The lowest BCUT2D eigenvalue weighted by molar-refractivity contribution is -0.140. The molecule has 0 aliphatic carbocycles. The van der Waals surface area contributed by atoms with Crippen molar-refractivity contribution in [1.29, 1.82) is 0 Å². The van der Waals surface area contributed by atoms with E-state index >= 15 is 0 Å². The number of hydrogen-bond donors (Lipinski definition) is 0. The predicted octanol–water partition coefficient (Wildman–Crippen LogP) is 3.35. The molecule has 0 N–H and O–H groups in total. The zero-order valence-corrected chi connectivity index (χ0v) is 13.7. The number of carbonyl (C=O) groups excluding carboxylic acids is 1. The summed E-state index contributed by atoms with van der Waals surface area (Å²) in [4.78, 5) is 11.4. The normalized spacial score (nSPS) is 13.1. The van der Waals surface area contributed by atoms with Crippen LogP contribution >= 0.6 is 0 Å². The molecule has 0 bridgehead atoms. The molecule has 0 fully saturated rings. The summed E-state index contributed by atoms with van der Waals surface area (Å²) in [5.41, 5.74) is -0.323. The molecule has 0 aliphatic rings. The largest absolute Gasteiger partial charge is 0.458 e. The van der Waals surface area contributed by atoms with Gasteiger partial charge in [-0.05, 0) is 25.8 Å². The topological polar surface area (TPSA) is 44.8 Å². The summed E-state index contributed by atoms with van der Waals surface area (Å²) in [5.74, 6) is -0.416. The van der Waals surface area contributed by atoms with Crippen LogP contribution in [0.1, 0.15) is 47.0 Å². The maximum Gasteiger partial charge on any atom is 0.380 e. The van der Waals surface area contributed by atoms with Crippen LogP contribution in [0.15, 0.2) is 12.7 Å². The van der Waals surface area contributed by atoms with E-state index in [4.69, 9.17) is 13.6 Å². The van der Waals surface area contributed by atoms with Crippen LogP contribution in [0, 0.1) is 0 Å². The molecule has 0 heterocycles. The van der Waals surface area contributed by atoms with Crippen molar-refractivity contribution in [1.82, 2.24) is 0 Å². The molecule has 0 aromatic heterocycles. The van der Waals surface area contributed by atoms with Gasteiger partial charge in [0.05, 0.1) is 0 Å². The van der Waals surface area contributed by atoms with Crippen LogP contribution in [-0.4, -0.2) is 33.5 Å². The zero-order chi connectivity index (χ0) is 14.7. The Morgan fingerprint density at radius 3 is 2.05 bits per heavy atom. The highest BCUT2D eigenvalue weighted by Gasteiger charge is 2.45. The van der Waals surface area contributed by atoms with Crippen molar-refractivity contribution in [3.05, 3.63) is 12.7 Å². The standard InChI is InChI=1S/C14H28O4Si/c1-6-10-16-19(12-8-3,17-11-7-2)13(5)18-14(15)9-4/h9,13H,4,6-8,10-12H2,1-3,5H3. The van der Waals surface area contributed by atoms with Crippen LogP contribution in [-0.2, 0) is 18.4 Å². The highest BCUT2D eigenvalue weighted by molar-refractivity contribution is 6.68. The molecule has 0 rings (SSSR count). The van der Waals surface area contributed by atoms with Crippen LogP contribution < -0.4 is 0 Å². The van der Waals surface area contributed by atoms with Gasteiger partial charge in [-0.2, -0.15) is 0 Å². The Kier molecular flexibility index (Phi) is 9.82. The Morgan fingerprint density at radius 2 is 1.68 bits per heavy atom. The van der Waals surface area contributed by atoms with Gasteiger partial charge < -0.3 is 13.6 Å². The van der Waals surface area contributed by atoms with Crippen LogP contribution in [0.4, 0.5) is 0 Å². The molecule has 1 unspecified atom stereocenters. The van der Waals surface area contributed by atoms with Gasteiger partial charge in [0, 0.05) is 19.3 Å². The summed E-state index contributed by atoms with van der Waals surface area (Å²) in [6.45, 7) is 12.8. The fourth-order valence-corrected chi connectivity index (χ4v) is 5.17. The van der Waals surface area contributed by atoms with E-state index in [-0.39, 0.29) is 5.73 Å². The second-order valence-electron chi connectivity index (χ2n) is 4.54. The van der Waals surface area contributed by atoms with E-state index in [9.17, 15) is 4.79 Å². The van der Waals surface area contributed by atoms with Crippen molar-refractivity contribution in [2.24, 2.45) is 0 Å². The molecule has 19 heavy (non-hydrogen) atoms. The Hall–Kier alpha value is -0.653. The van der Waals surface area contributed by atoms with Gasteiger partial charge in [-0.25, -0.2) is 4.79 Å². The lowest BCUT2D eigenvalue weighted by Gasteiger charge is -2.34. The Balaban J connectivity index is 4.91. The van der Waals surface area contributed by atoms with Crippen molar-refractivity contribution >= 4 is 14.5 Å². The number of esters is 1. The van der Waals surface area contributed by atoms with E-state index < -0.39 is 14.5 Å². The Labute approximate surface area is 118 Å². The SMILES string of the molecule is C=CC(=O)OC(C)[Si](CCC)(OCCC)OCCC. The first kappa shape index (κ1) is 18.3. The fraction of sp³-hybridized carbons (Fsp3) is 0.786. The quantitative estimate of drug-likeness (QED) is 0.332. The first-order chi connectivity index (χ1) is 9.06. The fourth-order valence-electron chi connectivity index (χ4n) is 1.83. The maximum atomic E-state index is 11.4. The number of hydrogen-bond acceptors (Lipinski definition) is 4. The summed E-state index contributed by atoms with van der Waals surface area (Å²) in [7, 11) is -2.51. The smallest absolute Gasteiger partial charge is 0.380 e. The number of ether oxygens (including phenoxy) is 1. The second-order valence-corrected chi connectivity index (χ2v) is 8.06. The van der Waals surface area contributed by atoms with E-state index in [1.807, 2.05) is 6.92 Å². The van der Waals surface area contributed by atoms with Crippen LogP contribution in [0.5, 0.6) is 0 Å². The molecular weight excluding hydrogens is 260 g/mol. The first-order valence-electron chi connectivity index (χ1n) is 7.17. The van der Waals surface area contributed by atoms with Crippen LogP contribution in [0.3, 0.4) is 0 Å².